The monoisotopic (exact) mass is 301 g/mol. The topological polar surface area (TPSA) is 30.5 Å². The van der Waals surface area contributed by atoms with Crippen LogP contribution in [0.25, 0.3) is 0 Å². The van der Waals surface area contributed by atoms with Gasteiger partial charge in [0.15, 0.2) is 11.5 Å². The van der Waals surface area contributed by atoms with E-state index >= 15 is 0 Å². The fraction of sp³-hybridized carbons (Fsp3) is 0.625. The summed E-state index contributed by atoms with van der Waals surface area (Å²) >= 11 is 0. The molecule has 5 heteroatoms. The Labute approximate surface area is 125 Å². The van der Waals surface area contributed by atoms with Crippen molar-refractivity contribution in [3.05, 3.63) is 23.8 Å². The molecule has 0 heterocycles. The third kappa shape index (κ3) is 5.87. The van der Waals surface area contributed by atoms with Gasteiger partial charge >= 0.3 is 6.61 Å². The van der Waals surface area contributed by atoms with Crippen LogP contribution in [0, 0.1) is 5.92 Å². The molecule has 0 aromatic heterocycles. The van der Waals surface area contributed by atoms with Crippen molar-refractivity contribution in [3.8, 4) is 11.5 Å². The molecule has 3 nitrogen and oxygen atoms in total. The minimum atomic E-state index is -2.85. The van der Waals surface area contributed by atoms with Crippen LogP contribution in [0.2, 0.25) is 0 Å². The molecule has 0 bridgehead atoms. The Morgan fingerprint density at radius 3 is 2.38 bits per heavy atom. The average Bonchev–Trinajstić information content (AvgIpc) is 2.41. The maximum Gasteiger partial charge on any atom is 0.387 e. The molecule has 21 heavy (non-hydrogen) atoms. The van der Waals surface area contributed by atoms with Crippen LogP contribution in [0.15, 0.2) is 18.2 Å². The van der Waals surface area contributed by atoms with E-state index in [0.29, 0.717) is 30.9 Å². The van der Waals surface area contributed by atoms with Gasteiger partial charge in [-0.2, -0.15) is 8.78 Å². The number of hydrogen-bond acceptors (Lipinski definition) is 3. The molecule has 1 N–H and O–H groups in total. The lowest BCUT2D eigenvalue weighted by molar-refractivity contribution is -0.0514. The molecule has 1 atom stereocenters. The van der Waals surface area contributed by atoms with Crippen LogP contribution in [0.5, 0.6) is 11.5 Å². The minimum absolute atomic E-state index is 0.0755. The second-order valence-corrected chi connectivity index (χ2v) is 5.23. The van der Waals surface area contributed by atoms with E-state index in [2.05, 4.69) is 30.8 Å². The van der Waals surface area contributed by atoms with Crippen LogP contribution >= 0.6 is 0 Å². The normalized spacial score (nSPS) is 12.8. The Balaban J connectivity index is 2.77. The van der Waals surface area contributed by atoms with Crippen LogP contribution < -0.4 is 14.8 Å². The zero-order valence-corrected chi connectivity index (χ0v) is 13.2. The van der Waals surface area contributed by atoms with Gasteiger partial charge in [-0.15, -0.1) is 0 Å². The molecule has 1 aromatic carbocycles. The maximum absolute atomic E-state index is 12.3. The molecule has 0 aliphatic carbocycles. The fourth-order valence-corrected chi connectivity index (χ4v) is 2.22. The highest BCUT2D eigenvalue weighted by atomic mass is 19.3. The predicted octanol–water partition coefficient (Wildman–Crippen LogP) is 4.21. The third-order valence-electron chi connectivity index (χ3n) is 3.34. The molecule has 0 aliphatic rings. The highest BCUT2D eigenvalue weighted by molar-refractivity contribution is 5.43. The molecule has 0 saturated carbocycles. The van der Waals surface area contributed by atoms with Crippen molar-refractivity contribution in [3.63, 3.8) is 0 Å². The van der Waals surface area contributed by atoms with Gasteiger partial charge in [-0.05, 0) is 37.0 Å². The Kier molecular flexibility index (Phi) is 7.43. The summed E-state index contributed by atoms with van der Waals surface area (Å²) in [5.74, 6) is 0.976. The van der Waals surface area contributed by atoms with Gasteiger partial charge in [0.05, 0.1) is 6.61 Å². The largest absolute Gasteiger partial charge is 0.490 e. The molecular formula is C16H25F2NO2. The van der Waals surface area contributed by atoms with Crippen molar-refractivity contribution in [2.45, 2.75) is 53.3 Å². The lowest BCUT2D eigenvalue weighted by Crippen LogP contribution is -2.32. The summed E-state index contributed by atoms with van der Waals surface area (Å²) in [7, 11) is 0. The summed E-state index contributed by atoms with van der Waals surface area (Å²) in [6.45, 7) is 6.52. The number of benzene rings is 1. The SMILES string of the molecule is CCOc1cc(CNC(CC)C(C)C)ccc1OC(F)F. The molecule has 1 aromatic rings. The van der Waals surface area contributed by atoms with Crippen molar-refractivity contribution in [1.82, 2.24) is 5.32 Å². The average molecular weight is 301 g/mol. The van der Waals surface area contributed by atoms with E-state index in [1.54, 1.807) is 12.1 Å². The highest BCUT2D eigenvalue weighted by Crippen LogP contribution is 2.30. The molecule has 0 radical (unpaired) electrons. The smallest absolute Gasteiger partial charge is 0.387 e. The number of hydrogen-bond donors (Lipinski definition) is 1. The maximum atomic E-state index is 12.3. The van der Waals surface area contributed by atoms with Gasteiger partial charge in [0, 0.05) is 12.6 Å². The number of nitrogens with one attached hydrogen (secondary N) is 1. The lowest BCUT2D eigenvalue weighted by atomic mass is 10.0. The molecular weight excluding hydrogens is 276 g/mol. The first-order valence-electron chi connectivity index (χ1n) is 7.41. The van der Waals surface area contributed by atoms with Crippen LogP contribution in [-0.4, -0.2) is 19.3 Å². The summed E-state index contributed by atoms with van der Waals surface area (Å²) in [4.78, 5) is 0. The van der Waals surface area contributed by atoms with E-state index in [4.69, 9.17) is 4.74 Å². The second kappa shape index (κ2) is 8.82. The molecule has 0 amide bonds. The van der Waals surface area contributed by atoms with Crippen molar-refractivity contribution in [2.24, 2.45) is 5.92 Å². The van der Waals surface area contributed by atoms with Gasteiger partial charge in [-0.25, -0.2) is 0 Å². The standard InChI is InChI=1S/C16H25F2NO2/c1-5-13(11(3)4)19-10-12-7-8-14(21-16(17)18)15(9-12)20-6-2/h7-9,11,13,16,19H,5-6,10H2,1-4H3. The highest BCUT2D eigenvalue weighted by Gasteiger charge is 2.13. The molecule has 1 rings (SSSR count). The summed E-state index contributed by atoms with van der Waals surface area (Å²) in [6, 6.07) is 5.49. The number of alkyl halides is 2. The fourth-order valence-electron chi connectivity index (χ4n) is 2.22. The van der Waals surface area contributed by atoms with Crippen LogP contribution in [-0.2, 0) is 6.54 Å². The molecule has 0 spiro atoms. The van der Waals surface area contributed by atoms with Crippen molar-refractivity contribution in [2.75, 3.05) is 6.61 Å². The van der Waals surface area contributed by atoms with Crippen molar-refractivity contribution < 1.29 is 18.3 Å². The van der Waals surface area contributed by atoms with E-state index in [-0.39, 0.29) is 5.75 Å². The van der Waals surface area contributed by atoms with Gasteiger partial charge in [0.1, 0.15) is 0 Å². The third-order valence-corrected chi connectivity index (χ3v) is 3.34. The second-order valence-electron chi connectivity index (χ2n) is 5.23. The number of halogens is 2. The molecule has 0 saturated heterocycles. The Morgan fingerprint density at radius 2 is 1.86 bits per heavy atom. The van der Waals surface area contributed by atoms with E-state index in [9.17, 15) is 8.78 Å². The molecule has 0 fully saturated rings. The summed E-state index contributed by atoms with van der Waals surface area (Å²) < 4.78 is 34.5. The molecule has 1 unspecified atom stereocenters. The van der Waals surface area contributed by atoms with Gasteiger partial charge < -0.3 is 14.8 Å². The Morgan fingerprint density at radius 1 is 1.14 bits per heavy atom. The van der Waals surface area contributed by atoms with Gasteiger partial charge in [-0.1, -0.05) is 26.8 Å². The van der Waals surface area contributed by atoms with Gasteiger partial charge in [0.2, 0.25) is 0 Å². The summed E-state index contributed by atoms with van der Waals surface area (Å²) in [5.41, 5.74) is 0.985. The Hall–Kier alpha value is -1.36. The first-order chi connectivity index (χ1) is 9.97. The van der Waals surface area contributed by atoms with E-state index in [1.807, 2.05) is 6.92 Å². The van der Waals surface area contributed by atoms with Crippen LogP contribution in [0.3, 0.4) is 0 Å². The number of rotatable bonds is 9. The predicted molar refractivity (Wildman–Crippen MR) is 80.0 cm³/mol. The number of ether oxygens (including phenoxy) is 2. The first-order valence-corrected chi connectivity index (χ1v) is 7.41. The summed E-state index contributed by atoms with van der Waals surface area (Å²) in [6.07, 6.45) is 1.04. The van der Waals surface area contributed by atoms with Gasteiger partial charge in [-0.3, -0.25) is 0 Å². The zero-order valence-electron chi connectivity index (χ0n) is 13.2. The van der Waals surface area contributed by atoms with E-state index in [1.165, 1.54) is 6.07 Å². The molecule has 0 aliphatic heterocycles. The summed E-state index contributed by atoms with van der Waals surface area (Å²) in [5, 5.41) is 3.47. The van der Waals surface area contributed by atoms with Crippen LogP contribution in [0.4, 0.5) is 8.78 Å². The minimum Gasteiger partial charge on any atom is -0.490 e. The Bertz CT molecular complexity index is 425. The van der Waals surface area contributed by atoms with Gasteiger partial charge in [0.25, 0.3) is 0 Å². The van der Waals surface area contributed by atoms with E-state index < -0.39 is 6.61 Å². The van der Waals surface area contributed by atoms with Crippen molar-refractivity contribution >= 4 is 0 Å². The zero-order chi connectivity index (χ0) is 15.8. The quantitative estimate of drug-likeness (QED) is 0.741. The van der Waals surface area contributed by atoms with E-state index in [0.717, 1.165) is 12.0 Å². The van der Waals surface area contributed by atoms with Crippen LogP contribution in [0.1, 0.15) is 39.7 Å². The first kappa shape index (κ1) is 17.7. The van der Waals surface area contributed by atoms with Crippen molar-refractivity contribution in [1.29, 1.82) is 0 Å². The lowest BCUT2D eigenvalue weighted by Gasteiger charge is -2.21. The molecule has 120 valence electrons.